The first-order valence-corrected chi connectivity index (χ1v) is 6.69. The highest BCUT2D eigenvalue weighted by Crippen LogP contribution is 2.23. The van der Waals surface area contributed by atoms with E-state index < -0.39 is 0 Å². The van der Waals surface area contributed by atoms with Crippen LogP contribution >= 0.6 is 15.9 Å². The van der Waals surface area contributed by atoms with Gasteiger partial charge in [0.15, 0.2) is 0 Å². The summed E-state index contributed by atoms with van der Waals surface area (Å²) in [5.74, 6) is 0.535. The second kappa shape index (κ2) is 6.06. The Labute approximate surface area is 120 Å². The van der Waals surface area contributed by atoms with E-state index in [2.05, 4.69) is 15.9 Å². The van der Waals surface area contributed by atoms with Crippen LogP contribution in [0.4, 0.5) is 10.1 Å². The molecule has 0 amide bonds. The minimum Gasteiger partial charge on any atom is -0.489 e. The van der Waals surface area contributed by atoms with Crippen molar-refractivity contribution in [2.45, 2.75) is 6.61 Å². The van der Waals surface area contributed by atoms with Gasteiger partial charge in [-0.05, 0) is 24.3 Å². The first-order chi connectivity index (χ1) is 9.06. The van der Waals surface area contributed by atoms with Gasteiger partial charge in [-0.1, -0.05) is 28.1 Å². The Hall–Kier alpha value is -1.55. The zero-order valence-corrected chi connectivity index (χ0v) is 12.4. The minimum atomic E-state index is -0.259. The van der Waals surface area contributed by atoms with Gasteiger partial charge in [-0.15, -0.1) is 0 Å². The topological polar surface area (TPSA) is 12.5 Å². The van der Waals surface area contributed by atoms with Crippen molar-refractivity contribution in [3.05, 3.63) is 58.3 Å². The summed E-state index contributed by atoms with van der Waals surface area (Å²) >= 11 is 3.33. The maximum atomic E-state index is 13.0. The van der Waals surface area contributed by atoms with Crippen LogP contribution in [0, 0.1) is 5.82 Å². The van der Waals surface area contributed by atoms with Gasteiger partial charge in [-0.25, -0.2) is 4.39 Å². The van der Waals surface area contributed by atoms with E-state index in [1.807, 2.05) is 43.3 Å². The summed E-state index contributed by atoms with van der Waals surface area (Å²) in [6.45, 7) is 0.401. The molecule has 0 radical (unpaired) electrons. The highest BCUT2D eigenvalue weighted by Gasteiger charge is 2.03. The quantitative estimate of drug-likeness (QED) is 0.834. The van der Waals surface area contributed by atoms with Gasteiger partial charge < -0.3 is 9.64 Å². The molecule has 100 valence electrons. The minimum absolute atomic E-state index is 0.259. The Morgan fingerprint density at radius 3 is 2.63 bits per heavy atom. The molecule has 0 saturated carbocycles. The second-order valence-corrected chi connectivity index (χ2v) is 5.27. The molecule has 0 saturated heterocycles. The van der Waals surface area contributed by atoms with E-state index in [0.29, 0.717) is 6.61 Å². The van der Waals surface area contributed by atoms with Crippen LogP contribution in [-0.4, -0.2) is 14.1 Å². The molecule has 2 aromatic carbocycles. The van der Waals surface area contributed by atoms with Crippen LogP contribution in [0.5, 0.6) is 5.75 Å². The van der Waals surface area contributed by atoms with E-state index in [0.717, 1.165) is 21.5 Å². The predicted octanol–water partition coefficient (Wildman–Crippen LogP) is 4.23. The first kappa shape index (κ1) is 13.9. The van der Waals surface area contributed by atoms with Gasteiger partial charge >= 0.3 is 0 Å². The summed E-state index contributed by atoms with van der Waals surface area (Å²) in [6.07, 6.45) is 0. The van der Waals surface area contributed by atoms with Crippen molar-refractivity contribution in [3.8, 4) is 5.75 Å². The lowest BCUT2D eigenvalue weighted by Crippen LogP contribution is -2.08. The maximum absolute atomic E-state index is 13.0. The highest BCUT2D eigenvalue weighted by atomic mass is 79.9. The van der Waals surface area contributed by atoms with Crippen LogP contribution in [0.15, 0.2) is 46.9 Å². The number of ether oxygens (including phenoxy) is 1. The molecule has 4 heteroatoms. The summed E-state index contributed by atoms with van der Waals surface area (Å²) in [5.41, 5.74) is 1.99. The Bertz CT molecular complexity index is 572. The van der Waals surface area contributed by atoms with Gasteiger partial charge in [0, 0.05) is 35.9 Å². The van der Waals surface area contributed by atoms with Crippen molar-refractivity contribution in [1.29, 1.82) is 0 Å². The Kier molecular flexibility index (Phi) is 4.43. The third kappa shape index (κ3) is 3.70. The molecule has 19 heavy (non-hydrogen) atoms. The number of hydrogen-bond donors (Lipinski definition) is 0. The molecule has 0 aliphatic heterocycles. The average molecular weight is 324 g/mol. The van der Waals surface area contributed by atoms with Gasteiger partial charge in [-0.2, -0.15) is 0 Å². The highest BCUT2D eigenvalue weighted by molar-refractivity contribution is 9.10. The molecule has 2 rings (SSSR count). The van der Waals surface area contributed by atoms with Crippen molar-refractivity contribution in [2.24, 2.45) is 0 Å². The summed E-state index contributed by atoms with van der Waals surface area (Å²) in [6, 6.07) is 12.4. The maximum Gasteiger partial charge on any atom is 0.124 e. The second-order valence-electron chi connectivity index (χ2n) is 4.42. The van der Waals surface area contributed by atoms with Crippen LogP contribution in [0.2, 0.25) is 0 Å². The van der Waals surface area contributed by atoms with Crippen LogP contribution in [0.3, 0.4) is 0 Å². The molecule has 2 nitrogen and oxygen atoms in total. The van der Waals surface area contributed by atoms with Gasteiger partial charge in [0.2, 0.25) is 0 Å². The summed E-state index contributed by atoms with van der Waals surface area (Å²) < 4.78 is 19.4. The standard InChI is InChI=1S/C15H15BrFNO/c1-18(2)13-4-3-5-14(9-13)19-10-11-6-7-12(17)8-15(11)16/h3-9H,10H2,1-2H3. The normalized spacial score (nSPS) is 10.3. The number of halogens is 2. The number of anilines is 1. The Morgan fingerprint density at radius 1 is 1.16 bits per heavy atom. The molecule has 0 atom stereocenters. The van der Waals surface area contributed by atoms with Crippen LogP contribution < -0.4 is 9.64 Å². The van der Waals surface area contributed by atoms with E-state index in [-0.39, 0.29) is 5.82 Å². The fourth-order valence-corrected chi connectivity index (χ4v) is 2.12. The number of nitrogens with zero attached hydrogens (tertiary/aromatic N) is 1. The smallest absolute Gasteiger partial charge is 0.124 e. The lowest BCUT2D eigenvalue weighted by molar-refractivity contribution is 0.305. The fraction of sp³-hybridized carbons (Fsp3) is 0.200. The van der Waals surface area contributed by atoms with Gasteiger partial charge in [0.1, 0.15) is 18.2 Å². The molecule has 0 fully saturated rings. The largest absolute Gasteiger partial charge is 0.489 e. The lowest BCUT2D eigenvalue weighted by atomic mass is 10.2. The van der Waals surface area contributed by atoms with E-state index in [9.17, 15) is 4.39 Å². The molecule has 0 unspecified atom stereocenters. The van der Waals surface area contributed by atoms with Crippen molar-refractivity contribution < 1.29 is 9.13 Å². The molecule has 0 aromatic heterocycles. The SMILES string of the molecule is CN(C)c1cccc(OCc2ccc(F)cc2Br)c1. The van der Waals surface area contributed by atoms with Crippen molar-refractivity contribution >= 4 is 21.6 Å². The average Bonchev–Trinajstić information content (AvgIpc) is 2.38. The van der Waals surface area contributed by atoms with Crippen LogP contribution in [0.1, 0.15) is 5.56 Å². The van der Waals surface area contributed by atoms with Gasteiger partial charge in [0.05, 0.1) is 0 Å². The molecule has 0 aliphatic rings. The molecule has 0 bridgehead atoms. The Morgan fingerprint density at radius 2 is 1.95 bits per heavy atom. The molecular weight excluding hydrogens is 309 g/mol. The summed E-state index contributed by atoms with van der Waals surface area (Å²) in [7, 11) is 3.96. The molecular formula is C15H15BrFNO. The zero-order valence-electron chi connectivity index (χ0n) is 10.9. The third-order valence-corrected chi connectivity index (χ3v) is 3.48. The fourth-order valence-electron chi connectivity index (χ4n) is 1.65. The predicted molar refractivity (Wildman–Crippen MR) is 79.2 cm³/mol. The molecule has 0 spiro atoms. The molecule has 2 aromatic rings. The van der Waals surface area contributed by atoms with Gasteiger partial charge in [-0.3, -0.25) is 0 Å². The first-order valence-electron chi connectivity index (χ1n) is 5.90. The Balaban J connectivity index is 2.08. The summed E-state index contributed by atoms with van der Waals surface area (Å²) in [4.78, 5) is 2.01. The summed E-state index contributed by atoms with van der Waals surface area (Å²) in [5, 5.41) is 0. The number of hydrogen-bond acceptors (Lipinski definition) is 2. The third-order valence-electron chi connectivity index (χ3n) is 2.74. The zero-order chi connectivity index (χ0) is 13.8. The lowest BCUT2D eigenvalue weighted by Gasteiger charge is -2.14. The number of rotatable bonds is 4. The van der Waals surface area contributed by atoms with Crippen LogP contribution in [-0.2, 0) is 6.61 Å². The van der Waals surface area contributed by atoms with E-state index in [4.69, 9.17) is 4.74 Å². The van der Waals surface area contributed by atoms with E-state index in [1.54, 1.807) is 6.07 Å². The van der Waals surface area contributed by atoms with E-state index >= 15 is 0 Å². The molecule has 0 heterocycles. The monoisotopic (exact) mass is 323 g/mol. The molecule has 0 N–H and O–H groups in total. The van der Waals surface area contributed by atoms with Crippen molar-refractivity contribution in [2.75, 3.05) is 19.0 Å². The van der Waals surface area contributed by atoms with Crippen molar-refractivity contribution in [1.82, 2.24) is 0 Å². The van der Waals surface area contributed by atoms with E-state index in [1.165, 1.54) is 12.1 Å². The molecule has 0 aliphatic carbocycles. The van der Waals surface area contributed by atoms with Gasteiger partial charge in [0.25, 0.3) is 0 Å². The van der Waals surface area contributed by atoms with Crippen molar-refractivity contribution in [3.63, 3.8) is 0 Å². The van der Waals surface area contributed by atoms with Crippen LogP contribution in [0.25, 0.3) is 0 Å². The number of benzene rings is 2.